The van der Waals surface area contributed by atoms with Gasteiger partial charge in [-0.2, -0.15) is 0 Å². The van der Waals surface area contributed by atoms with Gasteiger partial charge >= 0.3 is 0 Å². The van der Waals surface area contributed by atoms with Gasteiger partial charge in [-0.15, -0.1) is 0 Å². The molecule has 2 rings (SSSR count). The van der Waals surface area contributed by atoms with E-state index in [-0.39, 0.29) is 22.8 Å². The van der Waals surface area contributed by atoms with Gasteiger partial charge in [-0.25, -0.2) is 0 Å². The normalized spacial score (nSPS) is 10.9. The number of Topliss-reactive ketones (excluding diaryl/α,β-unsaturated/α-hetero) is 1. The predicted octanol–water partition coefficient (Wildman–Crippen LogP) is 4.19. The van der Waals surface area contributed by atoms with Crippen LogP contribution in [0.3, 0.4) is 0 Å². The summed E-state index contributed by atoms with van der Waals surface area (Å²) in [6.07, 6.45) is 7.23. The Morgan fingerprint density at radius 1 is 1.19 bits per heavy atom. The monoisotopic (exact) mass is 287 g/mol. The largest absolute Gasteiger partial charge is 0.506 e. The number of hydrogen-bond acceptors (Lipinski definition) is 4. The van der Waals surface area contributed by atoms with Crippen LogP contribution in [0.15, 0.2) is 24.4 Å². The van der Waals surface area contributed by atoms with Gasteiger partial charge in [0.1, 0.15) is 17.0 Å². The number of carbonyl (C=O) groups excluding carboxylic acids is 1. The van der Waals surface area contributed by atoms with Crippen molar-refractivity contribution in [1.29, 1.82) is 0 Å². The lowest BCUT2D eigenvalue weighted by Gasteiger charge is -2.08. The Hall–Kier alpha value is -2.10. The average Bonchev–Trinajstić information content (AvgIpc) is 2.50. The first-order valence-electron chi connectivity index (χ1n) is 7.48. The average molecular weight is 287 g/mol. The summed E-state index contributed by atoms with van der Waals surface area (Å²) in [4.78, 5) is 16.2. The van der Waals surface area contributed by atoms with Gasteiger partial charge in [-0.3, -0.25) is 9.78 Å². The van der Waals surface area contributed by atoms with E-state index in [9.17, 15) is 15.0 Å². The lowest BCUT2D eigenvalue weighted by molar-refractivity contribution is 0.0976. The highest BCUT2D eigenvalue weighted by molar-refractivity contribution is 6.05. The summed E-state index contributed by atoms with van der Waals surface area (Å²) in [5.41, 5.74) is 0.498. The molecule has 0 aliphatic carbocycles. The molecule has 1 aromatic heterocycles. The van der Waals surface area contributed by atoms with Gasteiger partial charge in [-0.05, 0) is 24.6 Å². The standard InChI is InChI=1S/C17H21NO3/c1-2-3-4-5-6-9-14(19)13-11-15(20)16-12(17(13)21)8-7-10-18-16/h7-8,10-11,20-21H,2-6,9H2,1H3. The molecule has 0 aliphatic rings. The van der Waals surface area contributed by atoms with E-state index in [4.69, 9.17) is 0 Å². The third-order valence-corrected chi connectivity index (χ3v) is 3.65. The topological polar surface area (TPSA) is 70.4 Å². The van der Waals surface area contributed by atoms with Gasteiger partial charge in [0.05, 0.1) is 5.56 Å². The summed E-state index contributed by atoms with van der Waals surface area (Å²) in [5.74, 6) is -0.294. The predicted molar refractivity (Wildman–Crippen MR) is 82.8 cm³/mol. The number of carbonyl (C=O) groups is 1. The minimum atomic E-state index is -0.134. The number of hydrogen-bond donors (Lipinski definition) is 2. The fourth-order valence-electron chi connectivity index (χ4n) is 2.46. The van der Waals surface area contributed by atoms with Gasteiger partial charge in [0.2, 0.25) is 0 Å². The van der Waals surface area contributed by atoms with Gasteiger partial charge < -0.3 is 10.2 Å². The van der Waals surface area contributed by atoms with Crippen LogP contribution in [0.5, 0.6) is 11.5 Å². The maximum absolute atomic E-state index is 12.2. The van der Waals surface area contributed by atoms with Crippen molar-refractivity contribution in [3.05, 3.63) is 30.0 Å². The van der Waals surface area contributed by atoms with E-state index >= 15 is 0 Å². The molecule has 0 amide bonds. The number of phenols is 2. The summed E-state index contributed by atoms with van der Waals surface area (Å²) in [5, 5.41) is 20.6. The minimum Gasteiger partial charge on any atom is -0.506 e. The molecule has 2 aromatic rings. The van der Waals surface area contributed by atoms with E-state index in [1.807, 2.05) is 0 Å². The van der Waals surface area contributed by atoms with Crippen molar-refractivity contribution < 1.29 is 15.0 Å². The van der Waals surface area contributed by atoms with E-state index in [2.05, 4.69) is 11.9 Å². The molecule has 21 heavy (non-hydrogen) atoms. The smallest absolute Gasteiger partial charge is 0.166 e. The first kappa shape index (κ1) is 15.3. The molecule has 0 unspecified atom stereocenters. The number of unbranched alkanes of at least 4 members (excludes halogenated alkanes) is 4. The molecule has 0 saturated heterocycles. The lowest BCUT2D eigenvalue weighted by Crippen LogP contribution is -2.00. The highest BCUT2D eigenvalue weighted by Gasteiger charge is 2.17. The number of benzene rings is 1. The Bertz CT molecular complexity index is 637. The number of fused-ring (bicyclic) bond motifs is 1. The molecule has 1 aromatic carbocycles. The number of pyridine rings is 1. The summed E-state index contributed by atoms with van der Waals surface area (Å²) < 4.78 is 0. The van der Waals surface area contributed by atoms with Crippen LogP contribution in [0.1, 0.15) is 55.8 Å². The molecule has 0 fully saturated rings. The molecule has 0 radical (unpaired) electrons. The lowest BCUT2D eigenvalue weighted by atomic mass is 10.00. The van der Waals surface area contributed by atoms with Gasteiger partial charge in [0.15, 0.2) is 5.78 Å². The van der Waals surface area contributed by atoms with E-state index in [1.165, 1.54) is 25.1 Å². The molecule has 112 valence electrons. The molecular weight excluding hydrogens is 266 g/mol. The number of aromatic nitrogens is 1. The van der Waals surface area contributed by atoms with Crippen molar-refractivity contribution in [3.8, 4) is 11.5 Å². The zero-order valence-electron chi connectivity index (χ0n) is 12.3. The maximum atomic E-state index is 12.2. The number of phenolic OH excluding ortho intramolecular Hbond substituents is 2. The van der Waals surface area contributed by atoms with Crippen molar-refractivity contribution in [3.63, 3.8) is 0 Å². The minimum absolute atomic E-state index is 0.0715. The molecule has 1 heterocycles. The molecule has 4 heteroatoms. The van der Waals surface area contributed by atoms with E-state index in [1.54, 1.807) is 12.1 Å². The van der Waals surface area contributed by atoms with Gasteiger partial charge in [0.25, 0.3) is 0 Å². The zero-order valence-corrected chi connectivity index (χ0v) is 12.3. The third kappa shape index (κ3) is 3.51. The quantitative estimate of drug-likeness (QED) is 0.455. The summed E-state index contributed by atoms with van der Waals surface area (Å²) in [7, 11) is 0. The van der Waals surface area contributed by atoms with Crippen LogP contribution in [-0.2, 0) is 0 Å². The number of ketones is 1. The Morgan fingerprint density at radius 3 is 2.71 bits per heavy atom. The molecule has 0 saturated carbocycles. The second-order valence-corrected chi connectivity index (χ2v) is 5.28. The molecule has 0 aliphatic heterocycles. The van der Waals surface area contributed by atoms with E-state index in [0.29, 0.717) is 17.3 Å². The van der Waals surface area contributed by atoms with Gasteiger partial charge in [0, 0.05) is 18.0 Å². The summed E-state index contributed by atoms with van der Waals surface area (Å²) in [6.45, 7) is 2.15. The second kappa shape index (κ2) is 7.07. The molecular formula is C17H21NO3. The Labute approximate surface area is 124 Å². The summed E-state index contributed by atoms with van der Waals surface area (Å²) in [6, 6.07) is 4.63. The molecule has 2 N–H and O–H groups in total. The molecule has 0 atom stereocenters. The summed E-state index contributed by atoms with van der Waals surface area (Å²) >= 11 is 0. The van der Waals surface area contributed by atoms with Gasteiger partial charge in [-0.1, -0.05) is 32.6 Å². The highest BCUT2D eigenvalue weighted by Crippen LogP contribution is 2.34. The van der Waals surface area contributed by atoms with Crippen molar-refractivity contribution in [2.75, 3.05) is 0 Å². The van der Waals surface area contributed by atoms with Crippen LogP contribution in [0.4, 0.5) is 0 Å². The first-order chi connectivity index (χ1) is 10.1. The van der Waals surface area contributed by atoms with Crippen molar-refractivity contribution >= 4 is 16.7 Å². The number of aromatic hydroxyl groups is 2. The zero-order chi connectivity index (χ0) is 15.2. The molecule has 0 bridgehead atoms. The Morgan fingerprint density at radius 2 is 1.95 bits per heavy atom. The first-order valence-corrected chi connectivity index (χ1v) is 7.48. The fourth-order valence-corrected chi connectivity index (χ4v) is 2.46. The molecule has 4 nitrogen and oxygen atoms in total. The van der Waals surface area contributed by atoms with Crippen molar-refractivity contribution in [1.82, 2.24) is 4.98 Å². The highest BCUT2D eigenvalue weighted by atomic mass is 16.3. The SMILES string of the molecule is CCCCCCCC(=O)c1cc(O)c2ncccc2c1O. The van der Waals surface area contributed by atoms with Crippen molar-refractivity contribution in [2.24, 2.45) is 0 Å². The third-order valence-electron chi connectivity index (χ3n) is 3.65. The number of nitrogens with zero attached hydrogens (tertiary/aromatic N) is 1. The fraction of sp³-hybridized carbons (Fsp3) is 0.412. The van der Waals surface area contributed by atoms with Crippen LogP contribution in [0.2, 0.25) is 0 Å². The maximum Gasteiger partial charge on any atom is 0.166 e. The Balaban J connectivity index is 2.14. The van der Waals surface area contributed by atoms with Crippen LogP contribution < -0.4 is 0 Å². The van der Waals surface area contributed by atoms with Crippen LogP contribution in [0, 0.1) is 0 Å². The van der Waals surface area contributed by atoms with Crippen LogP contribution in [-0.4, -0.2) is 21.0 Å². The van der Waals surface area contributed by atoms with Crippen molar-refractivity contribution in [2.45, 2.75) is 45.4 Å². The number of rotatable bonds is 7. The van der Waals surface area contributed by atoms with Crippen LogP contribution >= 0.6 is 0 Å². The van der Waals surface area contributed by atoms with E-state index in [0.717, 1.165) is 19.3 Å². The second-order valence-electron chi connectivity index (χ2n) is 5.28. The molecule has 0 spiro atoms. The Kier molecular flexibility index (Phi) is 5.14. The van der Waals surface area contributed by atoms with Crippen LogP contribution in [0.25, 0.3) is 10.9 Å². The van der Waals surface area contributed by atoms with E-state index < -0.39 is 0 Å².